The maximum Gasteiger partial charge on any atom is 0.335 e. The Hall–Kier alpha value is -1.39. The molecule has 3 rings (SSSR count). The van der Waals surface area contributed by atoms with Crippen molar-refractivity contribution in [3.8, 4) is 0 Å². The van der Waals surface area contributed by atoms with Gasteiger partial charge in [-0.1, -0.05) is 19.9 Å². The zero-order valence-corrected chi connectivity index (χ0v) is 13.7. The maximum atomic E-state index is 10.7. The Morgan fingerprint density at radius 2 is 1.57 bits per heavy atom. The third kappa shape index (κ3) is 5.48. The molecule has 0 atom stereocenters. The lowest BCUT2D eigenvalue weighted by Gasteiger charge is -2.02. The minimum Gasteiger partial charge on any atom is -0.478 e. The van der Waals surface area contributed by atoms with E-state index in [9.17, 15) is 4.79 Å². The predicted molar refractivity (Wildman–Crippen MR) is 86.7 cm³/mol. The van der Waals surface area contributed by atoms with E-state index in [0.29, 0.717) is 5.56 Å². The van der Waals surface area contributed by atoms with Crippen LogP contribution in [-0.4, -0.2) is 48.1 Å². The second-order valence-corrected chi connectivity index (χ2v) is 5.47. The first-order valence-electron chi connectivity index (χ1n) is 7.78. The van der Waals surface area contributed by atoms with Crippen LogP contribution in [0.4, 0.5) is 0 Å². The van der Waals surface area contributed by atoms with E-state index < -0.39 is 5.97 Å². The summed E-state index contributed by atoms with van der Waals surface area (Å²) in [5.41, 5.74) is 2.77. The number of carboxylic acid groups (broad SMARTS) is 1. The largest absolute Gasteiger partial charge is 0.478 e. The molecule has 1 saturated heterocycles. The van der Waals surface area contributed by atoms with E-state index in [1.807, 2.05) is 27.0 Å². The van der Waals surface area contributed by atoms with Crippen LogP contribution in [0.15, 0.2) is 18.2 Å². The van der Waals surface area contributed by atoms with Crippen LogP contribution >= 0.6 is 0 Å². The van der Waals surface area contributed by atoms with Crippen LogP contribution in [0.5, 0.6) is 0 Å². The highest BCUT2D eigenvalue weighted by Gasteiger charge is 2.16. The summed E-state index contributed by atoms with van der Waals surface area (Å²) in [6.45, 7) is 8.42. The first-order valence-corrected chi connectivity index (χ1v) is 7.78. The third-order valence-corrected chi connectivity index (χ3v) is 3.66. The van der Waals surface area contributed by atoms with Crippen LogP contribution in [-0.2, 0) is 13.1 Å². The van der Waals surface area contributed by atoms with Crippen molar-refractivity contribution in [2.24, 2.45) is 0 Å². The molecule has 0 spiro atoms. The average Bonchev–Trinajstić information content (AvgIpc) is 3.08. The number of rotatable bonds is 1. The van der Waals surface area contributed by atoms with Gasteiger partial charge in [0, 0.05) is 13.1 Å². The zero-order valence-electron chi connectivity index (χ0n) is 13.7. The Bertz CT molecular complexity index is 454. The minimum absolute atomic E-state index is 0.383. The number of fused-ring (bicyclic) bond motifs is 1. The topological polar surface area (TPSA) is 43.8 Å². The number of benzene rings is 1. The molecule has 4 nitrogen and oxygen atoms in total. The molecule has 1 N–H and O–H groups in total. The molecular formula is C17H28N2O2. The van der Waals surface area contributed by atoms with E-state index in [2.05, 4.69) is 16.8 Å². The number of likely N-dealkylation sites (tertiary alicyclic amines) is 1. The van der Waals surface area contributed by atoms with Crippen LogP contribution in [0.1, 0.15) is 48.2 Å². The van der Waals surface area contributed by atoms with Crippen LogP contribution in [0, 0.1) is 0 Å². The minimum atomic E-state index is -0.850. The first-order chi connectivity index (χ1) is 10.1. The molecule has 4 heteroatoms. The van der Waals surface area contributed by atoms with Crippen molar-refractivity contribution in [3.05, 3.63) is 34.9 Å². The van der Waals surface area contributed by atoms with E-state index >= 15 is 0 Å². The molecule has 1 aromatic carbocycles. The second kappa shape index (κ2) is 8.80. The molecule has 118 valence electrons. The Kier molecular flexibility index (Phi) is 7.40. The van der Waals surface area contributed by atoms with Crippen molar-refractivity contribution in [1.29, 1.82) is 0 Å². The molecular weight excluding hydrogens is 264 g/mol. The van der Waals surface area contributed by atoms with Crippen LogP contribution in [0.3, 0.4) is 0 Å². The molecule has 1 fully saturated rings. The number of hydrogen-bond acceptors (Lipinski definition) is 3. The second-order valence-electron chi connectivity index (χ2n) is 5.47. The van der Waals surface area contributed by atoms with Crippen molar-refractivity contribution < 1.29 is 9.90 Å². The van der Waals surface area contributed by atoms with Gasteiger partial charge < -0.3 is 10.0 Å². The molecule has 0 aliphatic carbocycles. The number of carboxylic acids is 1. The molecule has 0 radical (unpaired) electrons. The molecule has 0 unspecified atom stereocenters. The lowest BCUT2D eigenvalue weighted by Crippen LogP contribution is -2.10. The van der Waals surface area contributed by atoms with Gasteiger partial charge in [-0.3, -0.25) is 4.90 Å². The summed E-state index contributed by atoms with van der Waals surface area (Å²) in [7, 11) is 4.20. The number of aromatic carboxylic acids is 1. The summed E-state index contributed by atoms with van der Waals surface area (Å²) < 4.78 is 0. The monoisotopic (exact) mass is 292 g/mol. The Balaban J connectivity index is 0.000000231. The van der Waals surface area contributed by atoms with E-state index in [1.165, 1.54) is 31.5 Å². The van der Waals surface area contributed by atoms with Crippen molar-refractivity contribution in [2.45, 2.75) is 39.8 Å². The Morgan fingerprint density at radius 3 is 2.05 bits per heavy atom. The van der Waals surface area contributed by atoms with Crippen molar-refractivity contribution in [2.75, 3.05) is 27.2 Å². The van der Waals surface area contributed by atoms with Gasteiger partial charge in [-0.05, 0) is 63.3 Å². The van der Waals surface area contributed by atoms with Gasteiger partial charge >= 0.3 is 5.97 Å². The highest BCUT2D eigenvalue weighted by Crippen LogP contribution is 2.22. The van der Waals surface area contributed by atoms with Gasteiger partial charge in [0.15, 0.2) is 0 Å². The number of carbonyl (C=O) groups is 1. The fourth-order valence-electron chi connectivity index (χ4n) is 2.57. The fraction of sp³-hybridized carbons (Fsp3) is 0.588. The van der Waals surface area contributed by atoms with Gasteiger partial charge in [0.25, 0.3) is 0 Å². The number of hydrogen-bond donors (Lipinski definition) is 1. The Morgan fingerprint density at radius 1 is 1.00 bits per heavy atom. The lowest BCUT2D eigenvalue weighted by molar-refractivity contribution is 0.0696. The molecule has 2 aliphatic heterocycles. The van der Waals surface area contributed by atoms with E-state index in [-0.39, 0.29) is 0 Å². The molecule has 2 aliphatic rings. The standard InChI is InChI=1S/C10H11NO2.C5H11N.C2H6/c1-11-5-8-3-2-7(10(12)13)4-9(8)6-11;1-6-4-2-3-5-6;1-2/h2-4H,5-6H2,1H3,(H,12,13);2-5H2,1H3;1-2H3. The normalized spacial score (nSPS) is 17.3. The van der Waals surface area contributed by atoms with E-state index in [0.717, 1.165) is 18.7 Å². The van der Waals surface area contributed by atoms with Gasteiger partial charge in [-0.2, -0.15) is 0 Å². The Labute approximate surface area is 128 Å². The van der Waals surface area contributed by atoms with Gasteiger partial charge in [0.05, 0.1) is 5.56 Å². The predicted octanol–water partition coefficient (Wildman–Crippen LogP) is 3.07. The van der Waals surface area contributed by atoms with Crippen LogP contribution in [0.25, 0.3) is 0 Å². The molecule has 2 heterocycles. The van der Waals surface area contributed by atoms with Crippen LogP contribution in [0.2, 0.25) is 0 Å². The van der Waals surface area contributed by atoms with Crippen molar-refractivity contribution in [1.82, 2.24) is 9.80 Å². The summed E-state index contributed by atoms with van der Waals surface area (Å²) in [5.74, 6) is -0.850. The van der Waals surface area contributed by atoms with Crippen LogP contribution < -0.4 is 0 Å². The molecule has 0 aromatic heterocycles. The lowest BCUT2D eigenvalue weighted by atomic mass is 10.1. The number of nitrogens with zero attached hydrogens (tertiary/aromatic N) is 2. The molecule has 0 amide bonds. The fourth-order valence-corrected chi connectivity index (χ4v) is 2.57. The smallest absolute Gasteiger partial charge is 0.335 e. The van der Waals surface area contributed by atoms with Crippen molar-refractivity contribution in [3.63, 3.8) is 0 Å². The third-order valence-electron chi connectivity index (χ3n) is 3.66. The molecule has 0 saturated carbocycles. The summed E-state index contributed by atoms with van der Waals surface area (Å²) in [5, 5.41) is 8.77. The van der Waals surface area contributed by atoms with Gasteiger partial charge in [0.2, 0.25) is 0 Å². The SMILES string of the molecule is CC.CN1CCCC1.CN1Cc2ccc(C(=O)O)cc2C1. The zero-order chi connectivity index (χ0) is 15.8. The quantitative estimate of drug-likeness (QED) is 0.864. The van der Waals surface area contributed by atoms with Gasteiger partial charge in [-0.15, -0.1) is 0 Å². The van der Waals surface area contributed by atoms with E-state index in [1.54, 1.807) is 12.1 Å². The highest BCUT2D eigenvalue weighted by molar-refractivity contribution is 5.87. The van der Waals surface area contributed by atoms with Gasteiger partial charge in [0.1, 0.15) is 0 Å². The molecule has 0 bridgehead atoms. The van der Waals surface area contributed by atoms with Gasteiger partial charge in [-0.25, -0.2) is 4.79 Å². The van der Waals surface area contributed by atoms with E-state index in [4.69, 9.17) is 5.11 Å². The molecule has 1 aromatic rings. The summed E-state index contributed by atoms with van der Waals surface area (Å²) >= 11 is 0. The molecule has 21 heavy (non-hydrogen) atoms. The summed E-state index contributed by atoms with van der Waals surface area (Å²) in [6.07, 6.45) is 2.83. The van der Waals surface area contributed by atoms with Crippen molar-refractivity contribution >= 4 is 5.97 Å². The summed E-state index contributed by atoms with van der Waals surface area (Å²) in [4.78, 5) is 15.2. The highest BCUT2D eigenvalue weighted by atomic mass is 16.4. The first kappa shape index (κ1) is 17.7. The maximum absolute atomic E-state index is 10.7. The summed E-state index contributed by atoms with van der Waals surface area (Å²) in [6, 6.07) is 5.34. The average molecular weight is 292 g/mol.